The van der Waals surface area contributed by atoms with E-state index in [-0.39, 0.29) is 11.0 Å². The summed E-state index contributed by atoms with van der Waals surface area (Å²) in [5.74, 6) is 0. The minimum absolute atomic E-state index is 0. The lowest BCUT2D eigenvalue weighted by atomic mass is 10.2. The second kappa shape index (κ2) is 25.2. The monoisotopic (exact) mass is 384 g/mol. The molecule has 0 fully saturated rings. The van der Waals surface area contributed by atoms with Crippen LogP contribution in [0.3, 0.4) is 0 Å². The van der Waals surface area contributed by atoms with Crippen LogP contribution in [-0.4, -0.2) is 76.4 Å². The average molecular weight is 384 g/mol. The van der Waals surface area contributed by atoms with Gasteiger partial charge >= 0.3 is 24.6 Å². The molecule has 0 atom stereocenters. The van der Waals surface area contributed by atoms with Crippen molar-refractivity contribution in [3.05, 3.63) is 42.5 Å². The Balaban J connectivity index is -0.0000000695. The average Bonchev–Trinajstić information content (AvgIpc) is 2.37. The fourth-order valence-corrected chi connectivity index (χ4v) is 0.589. The van der Waals surface area contributed by atoms with E-state index < -0.39 is 24.6 Å². The molecule has 0 radical (unpaired) electrons. The van der Waals surface area contributed by atoms with Crippen LogP contribution >= 0.6 is 0 Å². The lowest BCUT2D eigenvalue weighted by molar-refractivity contribution is 0.135. The number of carboxylic acid groups (broad SMARTS) is 8. The number of hydrogen-bond donors (Lipinski definition) is 8. The van der Waals surface area contributed by atoms with Gasteiger partial charge in [0.25, 0.3) is 0 Å². The summed E-state index contributed by atoms with van der Waals surface area (Å²) in [7, 11) is 0. The second-order valence-electron chi connectivity index (χ2n) is 2.75. The maximum Gasteiger partial charge on any atom is 0.503 e. The zero-order valence-corrected chi connectivity index (χ0v) is 11.9. The van der Waals surface area contributed by atoms with Crippen LogP contribution in [0.1, 0.15) is 5.56 Å². The van der Waals surface area contributed by atoms with Crippen LogP contribution in [-0.2, 0) is 0 Å². The Kier molecular flexibility index (Phi) is 33.3. The smallest absolute Gasteiger partial charge is 0.450 e. The molecule has 8 N–H and O–H groups in total. The molecular formula is C12H20O12Si. The minimum atomic E-state index is -1.83. The van der Waals surface area contributed by atoms with E-state index in [2.05, 4.69) is 6.58 Å². The SMILES string of the molecule is C=Cc1ccccc1.O=C(O)O.O=C(O)O.O=C(O)O.O=C(O)O.[SiH4]. The van der Waals surface area contributed by atoms with Crippen molar-refractivity contribution in [1.82, 2.24) is 0 Å². The maximum absolute atomic E-state index is 8.56. The molecule has 144 valence electrons. The second-order valence-corrected chi connectivity index (χ2v) is 2.75. The van der Waals surface area contributed by atoms with Gasteiger partial charge in [-0.3, -0.25) is 0 Å². The number of carbonyl (C=O) groups is 4. The van der Waals surface area contributed by atoms with Crippen molar-refractivity contribution in [1.29, 1.82) is 0 Å². The van der Waals surface area contributed by atoms with E-state index in [0.29, 0.717) is 0 Å². The zero-order chi connectivity index (χ0) is 20.1. The zero-order valence-electron chi connectivity index (χ0n) is 11.9. The molecule has 0 saturated carbocycles. The molecule has 0 aromatic heterocycles. The van der Waals surface area contributed by atoms with Crippen molar-refractivity contribution in [2.24, 2.45) is 0 Å². The first kappa shape index (κ1) is 33.0. The van der Waals surface area contributed by atoms with E-state index in [1.165, 1.54) is 5.56 Å². The van der Waals surface area contributed by atoms with Crippen molar-refractivity contribution in [2.75, 3.05) is 0 Å². The fourth-order valence-electron chi connectivity index (χ4n) is 0.589. The summed E-state index contributed by atoms with van der Waals surface area (Å²) >= 11 is 0. The van der Waals surface area contributed by atoms with Crippen LogP contribution in [0.4, 0.5) is 19.2 Å². The van der Waals surface area contributed by atoms with Crippen LogP contribution < -0.4 is 0 Å². The Labute approximate surface area is 145 Å². The van der Waals surface area contributed by atoms with Gasteiger partial charge in [0, 0.05) is 0 Å². The molecule has 25 heavy (non-hydrogen) atoms. The number of benzene rings is 1. The number of hydrogen-bond acceptors (Lipinski definition) is 4. The van der Waals surface area contributed by atoms with Crippen LogP contribution in [0.15, 0.2) is 36.9 Å². The molecule has 0 aliphatic carbocycles. The first-order valence-corrected chi connectivity index (χ1v) is 5.21. The van der Waals surface area contributed by atoms with Crippen molar-refractivity contribution in [2.45, 2.75) is 0 Å². The third-order valence-corrected chi connectivity index (χ3v) is 1.04. The number of rotatable bonds is 1. The summed E-state index contributed by atoms with van der Waals surface area (Å²) in [6.45, 7) is 3.63. The maximum atomic E-state index is 8.56. The highest BCUT2D eigenvalue weighted by atomic mass is 28.1. The van der Waals surface area contributed by atoms with Crippen molar-refractivity contribution >= 4 is 41.7 Å². The first-order chi connectivity index (χ1) is 10.9. The van der Waals surface area contributed by atoms with Crippen LogP contribution in [0.2, 0.25) is 0 Å². The van der Waals surface area contributed by atoms with Gasteiger partial charge in [0.05, 0.1) is 0 Å². The first-order valence-electron chi connectivity index (χ1n) is 5.21. The standard InChI is InChI=1S/C8H8.4CH2O3.H4Si/c1-2-8-6-4-3-5-7-8;4*2-1(3)4;/h2-7H,1H2;4*(H2,2,3,4);1H4. The van der Waals surface area contributed by atoms with Crippen molar-refractivity contribution in [3.63, 3.8) is 0 Å². The molecule has 0 amide bonds. The highest BCUT2D eigenvalue weighted by Crippen LogP contribution is 1.97. The van der Waals surface area contributed by atoms with Gasteiger partial charge < -0.3 is 40.9 Å². The van der Waals surface area contributed by atoms with Gasteiger partial charge in [-0.15, -0.1) is 0 Å². The Morgan fingerprint density at radius 1 is 0.640 bits per heavy atom. The molecule has 12 nitrogen and oxygen atoms in total. The van der Waals surface area contributed by atoms with Gasteiger partial charge in [0.2, 0.25) is 0 Å². The highest BCUT2D eigenvalue weighted by molar-refractivity contribution is 5.75. The molecule has 1 aromatic carbocycles. The summed E-state index contributed by atoms with van der Waals surface area (Å²) in [4.78, 5) is 34.2. The lowest BCUT2D eigenvalue weighted by Gasteiger charge is -1.85. The largest absolute Gasteiger partial charge is 0.503 e. The summed E-state index contributed by atoms with van der Waals surface area (Å²) < 4.78 is 0. The van der Waals surface area contributed by atoms with Crippen LogP contribution in [0.5, 0.6) is 0 Å². The molecule has 0 heterocycles. The van der Waals surface area contributed by atoms with Crippen molar-refractivity contribution in [3.8, 4) is 0 Å². The van der Waals surface area contributed by atoms with Gasteiger partial charge in [-0.2, -0.15) is 0 Å². The van der Waals surface area contributed by atoms with E-state index in [1.54, 1.807) is 0 Å². The molecule has 0 aliphatic heterocycles. The van der Waals surface area contributed by atoms with Gasteiger partial charge in [0.15, 0.2) is 0 Å². The van der Waals surface area contributed by atoms with Crippen LogP contribution in [0, 0.1) is 0 Å². The van der Waals surface area contributed by atoms with E-state index in [0.717, 1.165) is 0 Å². The highest BCUT2D eigenvalue weighted by Gasteiger charge is 1.76. The molecule has 0 spiro atoms. The van der Waals surface area contributed by atoms with E-state index in [1.807, 2.05) is 36.4 Å². The van der Waals surface area contributed by atoms with Gasteiger partial charge in [-0.25, -0.2) is 19.2 Å². The summed E-state index contributed by atoms with van der Waals surface area (Å²) in [5.41, 5.74) is 1.17. The Morgan fingerprint density at radius 2 is 0.840 bits per heavy atom. The minimum Gasteiger partial charge on any atom is -0.450 e. The molecule has 0 bridgehead atoms. The molecule has 0 aliphatic rings. The summed E-state index contributed by atoms with van der Waals surface area (Å²) in [6.07, 6.45) is -5.50. The quantitative estimate of drug-likeness (QED) is 0.324. The van der Waals surface area contributed by atoms with E-state index in [4.69, 9.17) is 60.0 Å². The third-order valence-electron chi connectivity index (χ3n) is 1.04. The summed E-state index contributed by atoms with van der Waals surface area (Å²) in [6, 6.07) is 10.0. The van der Waals surface area contributed by atoms with Gasteiger partial charge in [0.1, 0.15) is 0 Å². The topological polar surface area (TPSA) is 230 Å². The Morgan fingerprint density at radius 3 is 0.960 bits per heavy atom. The molecular weight excluding hydrogens is 364 g/mol. The Hall–Kier alpha value is -3.74. The van der Waals surface area contributed by atoms with Gasteiger partial charge in [-0.05, 0) is 16.5 Å². The third kappa shape index (κ3) is 172. The van der Waals surface area contributed by atoms with Crippen molar-refractivity contribution < 1.29 is 60.0 Å². The van der Waals surface area contributed by atoms with E-state index >= 15 is 0 Å². The normalized spacial score (nSPS) is 6.56. The predicted octanol–water partition coefficient (Wildman–Crippen LogP) is 1.77. The molecule has 13 heteroatoms. The summed E-state index contributed by atoms with van der Waals surface area (Å²) in [5, 5.41) is 55.8. The molecule has 0 saturated heterocycles. The van der Waals surface area contributed by atoms with Crippen LogP contribution in [0.25, 0.3) is 6.08 Å². The van der Waals surface area contributed by atoms with E-state index in [9.17, 15) is 0 Å². The molecule has 1 aromatic rings. The lowest BCUT2D eigenvalue weighted by Crippen LogP contribution is -1.81. The molecule has 0 unspecified atom stereocenters. The molecule has 1 rings (SSSR count). The Bertz CT molecular complexity index is 424. The fraction of sp³-hybridized carbons (Fsp3) is 0. The predicted molar refractivity (Wildman–Crippen MR) is 90.5 cm³/mol. The van der Waals surface area contributed by atoms with Gasteiger partial charge in [-0.1, -0.05) is 43.0 Å².